The summed E-state index contributed by atoms with van der Waals surface area (Å²) in [5, 5.41) is 3.41. The molecule has 2 aliphatic heterocycles. The van der Waals surface area contributed by atoms with Crippen molar-refractivity contribution in [2.75, 3.05) is 11.1 Å². The molecule has 0 fully saturated rings. The number of benzene rings is 2. The Bertz CT molecular complexity index is 1090. The summed E-state index contributed by atoms with van der Waals surface area (Å²) in [7, 11) is 0. The van der Waals surface area contributed by atoms with Gasteiger partial charge in [0.05, 0.1) is 11.4 Å². The van der Waals surface area contributed by atoms with E-state index < -0.39 is 6.04 Å². The van der Waals surface area contributed by atoms with Crippen LogP contribution in [-0.2, 0) is 9.59 Å². The molecule has 154 valence electrons. The van der Waals surface area contributed by atoms with Crippen LogP contribution in [0.4, 0.5) is 11.4 Å². The van der Waals surface area contributed by atoms with Crippen molar-refractivity contribution in [2.45, 2.75) is 33.7 Å². The first kappa shape index (κ1) is 20.3. The molecular formula is C23H24N4O2S. The second kappa shape index (κ2) is 8.07. The molecule has 0 aromatic heterocycles. The molecule has 0 unspecified atom stereocenters. The van der Waals surface area contributed by atoms with Crippen molar-refractivity contribution in [3.63, 3.8) is 0 Å². The number of carbonyl (C=O) groups excluding carboxylic acids is 2. The normalized spacial score (nSPS) is 17.4. The van der Waals surface area contributed by atoms with Crippen molar-refractivity contribution in [3.05, 3.63) is 59.2 Å². The first-order valence-electron chi connectivity index (χ1n) is 9.95. The highest BCUT2D eigenvalue weighted by Gasteiger charge is 2.42. The Morgan fingerprint density at radius 2 is 1.93 bits per heavy atom. The Balaban J connectivity index is 1.54. The molecule has 0 saturated heterocycles. The predicted octanol–water partition coefficient (Wildman–Crippen LogP) is 4.29. The molecule has 0 aliphatic carbocycles. The summed E-state index contributed by atoms with van der Waals surface area (Å²) in [6.07, 6.45) is 0. The lowest BCUT2D eigenvalue weighted by molar-refractivity contribution is -0.125. The molecule has 1 N–H and O–H groups in total. The van der Waals surface area contributed by atoms with E-state index in [-0.39, 0.29) is 23.5 Å². The van der Waals surface area contributed by atoms with Gasteiger partial charge in [-0.15, -0.1) is 0 Å². The number of thioether (sulfide) groups is 1. The Hall–Kier alpha value is -2.93. The third-order valence-electron chi connectivity index (χ3n) is 5.25. The van der Waals surface area contributed by atoms with Gasteiger partial charge in [-0.2, -0.15) is 0 Å². The number of anilines is 1. The highest BCUT2D eigenvalue weighted by molar-refractivity contribution is 8.14. The monoisotopic (exact) mass is 420 g/mol. The van der Waals surface area contributed by atoms with Gasteiger partial charge in [-0.1, -0.05) is 43.8 Å². The average molecular weight is 421 g/mol. The number of aryl methyl sites for hydroxylation is 2. The van der Waals surface area contributed by atoms with Crippen LogP contribution in [0.25, 0.3) is 0 Å². The molecule has 6 nitrogen and oxygen atoms in total. The molecular weight excluding hydrogens is 396 g/mol. The van der Waals surface area contributed by atoms with Crippen molar-refractivity contribution in [3.8, 4) is 0 Å². The van der Waals surface area contributed by atoms with E-state index in [9.17, 15) is 9.59 Å². The van der Waals surface area contributed by atoms with Gasteiger partial charge in [0.2, 0.25) is 5.91 Å². The molecule has 0 bridgehead atoms. The first-order chi connectivity index (χ1) is 14.3. The van der Waals surface area contributed by atoms with Gasteiger partial charge in [0.1, 0.15) is 11.9 Å². The van der Waals surface area contributed by atoms with Gasteiger partial charge < -0.3 is 5.32 Å². The first-order valence-corrected chi connectivity index (χ1v) is 10.9. The van der Waals surface area contributed by atoms with E-state index in [1.165, 1.54) is 17.3 Å². The molecule has 2 aromatic rings. The van der Waals surface area contributed by atoms with E-state index in [0.29, 0.717) is 11.0 Å². The second-order valence-corrected chi connectivity index (χ2v) is 8.81. The molecule has 0 saturated carbocycles. The number of amidine groups is 2. The summed E-state index contributed by atoms with van der Waals surface area (Å²) in [5.74, 6) is 0.631. The van der Waals surface area contributed by atoms with Crippen molar-refractivity contribution < 1.29 is 9.59 Å². The van der Waals surface area contributed by atoms with Gasteiger partial charge in [-0.05, 0) is 55.2 Å². The van der Waals surface area contributed by atoms with Crippen molar-refractivity contribution in [1.29, 1.82) is 0 Å². The smallest absolute Gasteiger partial charge is 0.259 e. The van der Waals surface area contributed by atoms with E-state index >= 15 is 0 Å². The van der Waals surface area contributed by atoms with Gasteiger partial charge >= 0.3 is 0 Å². The maximum Gasteiger partial charge on any atom is 0.259 e. The largest absolute Gasteiger partial charge is 0.325 e. The molecule has 1 atom stereocenters. The second-order valence-electron chi connectivity index (χ2n) is 7.86. The number of amides is 2. The summed E-state index contributed by atoms with van der Waals surface area (Å²) in [6.45, 7) is 8.02. The van der Waals surface area contributed by atoms with Gasteiger partial charge in [-0.25, -0.2) is 9.89 Å². The molecule has 7 heteroatoms. The maximum absolute atomic E-state index is 13.0. The summed E-state index contributed by atoms with van der Waals surface area (Å²) >= 11 is 1.25. The van der Waals surface area contributed by atoms with E-state index in [4.69, 9.17) is 4.99 Å². The van der Waals surface area contributed by atoms with E-state index in [1.807, 2.05) is 70.2 Å². The number of hydrogen-bond donors (Lipinski definition) is 1. The minimum Gasteiger partial charge on any atom is -0.325 e. The standard InChI is InChI=1S/C23H24N4O2S/c1-13(2)20-22(29)27-21(26-20)17-7-5-6-8-18(17)25-23(27)30-12-19(28)24-16-10-9-14(3)15(4)11-16/h5-11,13,20H,12H2,1-4H3,(H,24,28)/t20-/m0/s1. The van der Waals surface area contributed by atoms with Crippen molar-refractivity contribution in [1.82, 2.24) is 4.90 Å². The van der Waals surface area contributed by atoms with Gasteiger partial charge in [0.25, 0.3) is 5.91 Å². The lowest BCUT2D eigenvalue weighted by atomic mass is 10.1. The number of fused-ring (bicyclic) bond motifs is 3. The number of nitrogens with zero attached hydrogens (tertiary/aromatic N) is 3. The zero-order valence-corrected chi connectivity index (χ0v) is 18.3. The van der Waals surface area contributed by atoms with Crippen LogP contribution in [0, 0.1) is 19.8 Å². The van der Waals surface area contributed by atoms with Crippen LogP contribution >= 0.6 is 11.8 Å². The lowest BCUT2D eigenvalue weighted by Gasteiger charge is -2.25. The molecule has 0 spiro atoms. The summed E-state index contributed by atoms with van der Waals surface area (Å²) in [4.78, 5) is 36.5. The maximum atomic E-state index is 13.0. The fourth-order valence-electron chi connectivity index (χ4n) is 3.45. The molecule has 2 heterocycles. The molecule has 4 rings (SSSR count). The zero-order chi connectivity index (χ0) is 21.4. The number of hydrogen-bond acceptors (Lipinski definition) is 5. The van der Waals surface area contributed by atoms with Crippen LogP contribution < -0.4 is 5.32 Å². The number of aliphatic imine (C=N–C) groups is 2. The topological polar surface area (TPSA) is 74.1 Å². The number of carbonyl (C=O) groups is 2. The zero-order valence-electron chi connectivity index (χ0n) is 17.5. The predicted molar refractivity (Wildman–Crippen MR) is 123 cm³/mol. The van der Waals surface area contributed by atoms with Crippen LogP contribution in [-0.4, -0.2) is 39.5 Å². The Morgan fingerprint density at radius 1 is 1.17 bits per heavy atom. The molecule has 2 amide bonds. The van der Waals surface area contributed by atoms with Crippen LogP contribution in [0.2, 0.25) is 0 Å². The minimum absolute atomic E-state index is 0.0853. The third kappa shape index (κ3) is 3.77. The van der Waals surface area contributed by atoms with E-state index in [1.54, 1.807) is 4.90 Å². The molecule has 30 heavy (non-hydrogen) atoms. The van der Waals surface area contributed by atoms with Crippen LogP contribution in [0.3, 0.4) is 0 Å². The SMILES string of the molecule is Cc1ccc(NC(=O)CSC2=Nc3ccccc3C3=N[C@@H](C(C)C)C(=O)N23)cc1C. The summed E-state index contributed by atoms with van der Waals surface area (Å²) in [6, 6.07) is 13.0. The Kier molecular flexibility index (Phi) is 5.47. The van der Waals surface area contributed by atoms with Crippen molar-refractivity contribution >= 4 is 46.0 Å². The molecule has 2 aliphatic rings. The molecule has 0 radical (unpaired) electrons. The number of nitrogens with one attached hydrogen (secondary N) is 1. The van der Waals surface area contributed by atoms with Gasteiger partial charge in [0, 0.05) is 11.3 Å². The minimum atomic E-state index is -0.429. The van der Waals surface area contributed by atoms with Gasteiger partial charge in [0.15, 0.2) is 5.17 Å². The summed E-state index contributed by atoms with van der Waals surface area (Å²) in [5.41, 5.74) is 4.67. The van der Waals surface area contributed by atoms with Crippen LogP contribution in [0.5, 0.6) is 0 Å². The van der Waals surface area contributed by atoms with E-state index in [2.05, 4.69) is 10.3 Å². The number of para-hydroxylation sites is 1. The van der Waals surface area contributed by atoms with Crippen LogP contribution in [0.1, 0.15) is 30.5 Å². The molecule has 2 aromatic carbocycles. The fraction of sp³-hybridized carbons (Fsp3) is 0.304. The summed E-state index contributed by atoms with van der Waals surface area (Å²) < 4.78 is 0. The highest BCUT2D eigenvalue weighted by Crippen LogP contribution is 2.34. The number of rotatable bonds is 4. The Morgan fingerprint density at radius 3 is 2.67 bits per heavy atom. The lowest BCUT2D eigenvalue weighted by Crippen LogP contribution is -2.42. The van der Waals surface area contributed by atoms with Crippen molar-refractivity contribution in [2.24, 2.45) is 15.9 Å². The van der Waals surface area contributed by atoms with E-state index in [0.717, 1.165) is 22.5 Å². The van der Waals surface area contributed by atoms with Gasteiger partial charge in [-0.3, -0.25) is 14.6 Å². The highest BCUT2D eigenvalue weighted by atomic mass is 32.2. The third-order valence-corrected chi connectivity index (χ3v) is 6.19. The average Bonchev–Trinajstić information content (AvgIpc) is 3.07. The van der Waals surface area contributed by atoms with Crippen LogP contribution in [0.15, 0.2) is 52.4 Å². The fourth-order valence-corrected chi connectivity index (χ4v) is 4.25. The Labute approximate surface area is 180 Å². The quantitative estimate of drug-likeness (QED) is 0.802.